The number of aromatic nitrogens is 3. The van der Waals surface area contributed by atoms with Crippen LogP contribution in [0.25, 0.3) is 0 Å². The minimum atomic E-state index is -0.289. The van der Waals surface area contributed by atoms with Crippen molar-refractivity contribution in [1.29, 1.82) is 0 Å². The molecule has 0 atom stereocenters. The van der Waals surface area contributed by atoms with Gasteiger partial charge in [-0.25, -0.2) is 4.57 Å². The van der Waals surface area contributed by atoms with Crippen molar-refractivity contribution in [3.8, 4) is 5.75 Å². The number of hydrogen-bond donors (Lipinski definition) is 1. The van der Waals surface area contributed by atoms with Crippen molar-refractivity contribution in [1.82, 2.24) is 14.1 Å². The highest BCUT2D eigenvalue weighted by atomic mass is 32.1. The molecule has 8 heteroatoms. The highest BCUT2D eigenvalue weighted by Crippen LogP contribution is 2.16. The van der Waals surface area contributed by atoms with Gasteiger partial charge in [-0.1, -0.05) is 0 Å². The first-order chi connectivity index (χ1) is 10.1. The van der Waals surface area contributed by atoms with Gasteiger partial charge in [-0.05, 0) is 48.7 Å². The molecular formula is C13H12N4O2S2. The predicted octanol–water partition coefficient (Wildman–Crippen LogP) is 2.27. The molecule has 1 aromatic carbocycles. The maximum atomic E-state index is 12.6. The molecule has 0 saturated carbocycles. The number of ether oxygens (including phenoxy) is 1. The number of benzene rings is 1. The SMILES string of the molecule is COc1ccc(C(=O)n2c(=S)nc3n(c2=S)CCN3)cc1. The van der Waals surface area contributed by atoms with Crippen LogP contribution in [0.2, 0.25) is 0 Å². The third kappa shape index (κ3) is 2.36. The van der Waals surface area contributed by atoms with Crippen LogP contribution in [-0.4, -0.2) is 33.7 Å². The fourth-order valence-electron chi connectivity index (χ4n) is 2.15. The first-order valence-electron chi connectivity index (χ1n) is 6.28. The lowest BCUT2D eigenvalue weighted by atomic mass is 10.2. The molecule has 1 aliphatic rings. The zero-order chi connectivity index (χ0) is 15.0. The predicted molar refractivity (Wildman–Crippen MR) is 83.1 cm³/mol. The van der Waals surface area contributed by atoms with Gasteiger partial charge in [0.05, 0.1) is 7.11 Å². The normalized spacial score (nSPS) is 12.6. The van der Waals surface area contributed by atoms with Gasteiger partial charge < -0.3 is 10.1 Å². The van der Waals surface area contributed by atoms with Crippen molar-refractivity contribution in [2.75, 3.05) is 19.0 Å². The Morgan fingerprint density at radius 1 is 1.33 bits per heavy atom. The first kappa shape index (κ1) is 13.9. The van der Waals surface area contributed by atoms with E-state index < -0.39 is 0 Å². The van der Waals surface area contributed by atoms with E-state index in [1.807, 2.05) is 0 Å². The Kier molecular flexibility index (Phi) is 3.56. The zero-order valence-electron chi connectivity index (χ0n) is 11.2. The van der Waals surface area contributed by atoms with Gasteiger partial charge >= 0.3 is 0 Å². The molecule has 3 rings (SSSR count). The molecule has 2 heterocycles. The van der Waals surface area contributed by atoms with Crippen LogP contribution in [0.15, 0.2) is 24.3 Å². The quantitative estimate of drug-likeness (QED) is 0.857. The Morgan fingerprint density at radius 2 is 2.05 bits per heavy atom. The fourth-order valence-corrected chi connectivity index (χ4v) is 2.81. The van der Waals surface area contributed by atoms with Crippen LogP contribution < -0.4 is 10.1 Å². The van der Waals surface area contributed by atoms with Crippen LogP contribution in [0.1, 0.15) is 10.4 Å². The molecule has 0 aliphatic carbocycles. The van der Waals surface area contributed by atoms with Crippen molar-refractivity contribution >= 4 is 36.3 Å². The maximum Gasteiger partial charge on any atom is 0.266 e. The molecule has 1 aliphatic heterocycles. The topological polar surface area (TPSA) is 61.1 Å². The van der Waals surface area contributed by atoms with Gasteiger partial charge in [-0.2, -0.15) is 4.98 Å². The van der Waals surface area contributed by atoms with E-state index in [1.54, 1.807) is 35.9 Å². The standard InChI is InChI=1S/C13H12N4O2S2/c1-19-9-4-2-8(3-5-9)10(18)17-12(20)15-11-14-6-7-16(11)13(17)21/h2-5H,6-7H2,1H3,(H,14,15,20). The molecule has 0 unspecified atom stereocenters. The van der Waals surface area contributed by atoms with E-state index in [0.717, 1.165) is 6.54 Å². The highest BCUT2D eigenvalue weighted by Gasteiger charge is 2.18. The average molecular weight is 320 g/mol. The molecule has 0 spiro atoms. The largest absolute Gasteiger partial charge is 0.497 e. The summed E-state index contributed by atoms with van der Waals surface area (Å²) in [5.41, 5.74) is 0.478. The van der Waals surface area contributed by atoms with Gasteiger partial charge in [0, 0.05) is 18.7 Å². The maximum absolute atomic E-state index is 12.6. The van der Waals surface area contributed by atoms with Crippen LogP contribution in [-0.2, 0) is 6.54 Å². The monoisotopic (exact) mass is 320 g/mol. The first-order valence-corrected chi connectivity index (χ1v) is 7.10. The summed E-state index contributed by atoms with van der Waals surface area (Å²) in [7, 11) is 1.57. The number of nitrogens with one attached hydrogen (secondary N) is 1. The van der Waals surface area contributed by atoms with Gasteiger partial charge in [-0.15, -0.1) is 0 Å². The molecule has 6 nitrogen and oxygen atoms in total. The van der Waals surface area contributed by atoms with Crippen LogP contribution in [0.3, 0.4) is 0 Å². The molecule has 0 bridgehead atoms. The minimum Gasteiger partial charge on any atom is -0.497 e. The minimum absolute atomic E-state index is 0.154. The van der Waals surface area contributed by atoms with E-state index in [9.17, 15) is 4.79 Å². The highest BCUT2D eigenvalue weighted by molar-refractivity contribution is 7.72. The van der Waals surface area contributed by atoms with Crippen LogP contribution in [0, 0.1) is 9.54 Å². The second kappa shape index (κ2) is 5.38. The molecular weight excluding hydrogens is 308 g/mol. The van der Waals surface area contributed by atoms with E-state index >= 15 is 0 Å². The van der Waals surface area contributed by atoms with Gasteiger partial charge in [0.15, 0.2) is 4.77 Å². The van der Waals surface area contributed by atoms with Gasteiger partial charge in [0.2, 0.25) is 10.7 Å². The number of carbonyl (C=O) groups excluding carboxylic acids is 1. The van der Waals surface area contributed by atoms with Gasteiger partial charge in [-0.3, -0.25) is 9.36 Å². The summed E-state index contributed by atoms with van der Waals surface area (Å²) >= 11 is 10.6. The lowest BCUT2D eigenvalue weighted by Gasteiger charge is -2.10. The second-order valence-corrected chi connectivity index (χ2v) is 5.18. The number of rotatable bonds is 2. The van der Waals surface area contributed by atoms with E-state index in [0.29, 0.717) is 28.6 Å². The Hall–Kier alpha value is -2.06. The van der Waals surface area contributed by atoms with Crippen molar-refractivity contribution in [3.63, 3.8) is 0 Å². The van der Waals surface area contributed by atoms with E-state index in [4.69, 9.17) is 29.2 Å². The van der Waals surface area contributed by atoms with Crippen molar-refractivity contribution in [2.45, 2.75) is 6.54 Å². The summed E-state index contributed by atoms with van der Waals surface area (Å²) in [6, 6.07) is 6.78. The third-order valence-electron chi connectivity index (χ3n) is 3.23. The smallest absolute Gasteiger partial charge is 0.266 e. The molecule has 0 fully saturated rings. The fraction of sp³-hybridized carbons (Fsp3) is 0.231. The number of methoxy groups -OCH3 is 1. The Bertz CT molecular complexity index is 824. The van der Waals surface area contributed by atoms with Crippen molar-refractivity contribution in [3.05, 3.63) is 39.4 Å². The second-order valence-electron chi connectivity index (χ2n) is 4.45. The molecule has 1 aromatic heterocycles. The van der Waals surface area contributed by atoms with Gasteiger partial charge in [0.1, 0.15) is 5.75 Å². The third-order valence-corrected chi connectivity index (χ3v) is 3.91. The number of fused-ring (bicyclic) bond motifs is 1. The number of carbonyl (C=O) groups is 1. The summed E-state index contributed by atoms with van der Waals surface area (Å²) in [4.78, 5) is 16.8. The van der Waals surface area contributed by atoms with Crippen LogP contribution in [0.5, 0.6) is 5.75 Å². The summed E-state index contributed by atoms with van der Waals surface area (Å²) in [5.74, 6) is 1.01. The molecule has 2 aromatic rings. The van der Waals surface area contributed by atoms with E-state index in [-0.39, 0.29) is 10.7 Å². The van der Waals surface area contributed by atoms with Crippen molar-refractivity contribution in [2.24, 2.45) is 0 Å². The van der Waals surface area contributed by atoms with Crippen LogP contribution in [0.4, 0.5) is 5.95 Å². The van der Waals surface area contributed by atoms with Gasteiger partial charge in [0.25, 0.3) is 5.91 Å². The van der Waals surface area contributed by atoms with Crippen molar-refractivity contribution < 1.29 is 9.53 Å². The summed E-state index contributed by atoms with van der Waals surface area (Å²) in [5, 5.41) is 3.08. The van der Waals surface area contributed by atoms with E-state index in [1.165, 1.54) is 4.57 Å². The summed E-state index contributed by atoms with van der Waals surface area (Å²) in [6.45, 7) is 1.40. The molecule has 0 radical (unpaired) electrons. The number of nitrogens with zero attached hydrogens (tertiary/aromatic N) is 3. The average Bonchev–Trinajstić information content (AvgIpc) is 2.95. The summed E-state index contributed by atoms with van der Waals surface area (Å²) < 4.78 is 8.64. The molecule has 21 heavy (non-hydrogen) atoms. The lowest BCUT2D eigenvalue weighted by molar-refractivity contribution is 0.0952. The Morgan fingerprint density at radius 3 is 2.71 bits per heavy atom. The lowest BCUT2D eigenvalue weighted by Crippen LogP contribution is -2.19. The Balaban J connectivity index is 2.10. The molecule has 0 saturated heterocycles. The van der Waals surface area contributed by atoms with Crippen LogP contribution >= 0.6 is 24.4 Å². The molecule has 108 valence electrons. The number of anilines is 1. The summed E-state index contributed by atoms with van der Waals surface area (Å²) in [6.07, 6.45) is 0. The Labute approximate surface area is 131 Å². The van der Waals surface area contributed by atoms with E-state index in [2.05, 4.69) is 10.3 Å². The number of hydrogen-bond acceptors (Lipinski definition) is 6. The zero-order valence-corrected chi connectivity index (χ0v) is 12.8. The molecule has 1 N–H and O–H groups in total. The molecule has 0 amide bonds.